The summed E-state index contributed by atoms with van der Waals surface area (Å²) < 4.78 is 8.66. The minimum Gasteiger partial charge on any atom is -0.396 e. The number of fused-ring (bicyclic) bond motifs is 1. The lowest BCUT2D eigenvalue weighted by Crippen LogP contribution is -2.18. The van der Waals surface area contributed by atoms with Gasteiger partial charge in [0.15, 0.2) is 6.23 Å². The van der Waals surface area contributed by atoms with Gasteiger partial charge >= 0.3 is 0 Å². The minimum absolute atomic E-state index is 0.0478. The fraction of sp³-hybridized carbons (Fsp3) is 0.562. The molecule has 4 rings (SSSR count). The molecule has 1 atom stereocenters. The molecule has 6 heteroatoms. The van der Waals surface area contributed by atoms with Crippen molar-refractivity contribution in [2.45, 2.75) is 38.3 Å². The highest BCUT2D eigenvalue weighted by atomic mass is 79.9. The molecule has 2 heterocycles. The molecule has 2 aromatic rings. The molecule has 0 bridgehead atoms. The monoisotopic (exact) mass is 386 g/mol. The maximum atomic E-state index is 8.21. The first-order valence-electron chi connectivity index (χ1n) is 7.73. The quantitative estimate of drug-likeness (QED) is 0.823. The van der Waals surface area contributed by atoms with Gasteiger partial charge in [0.25, 0.3) is 0 Å². The number of aliphatic hydroxyl groups is 1. The summed E-state index contributed by atoms with van der Waals surface area (Å²) in [5, 5.41) is 14.4. The van der Waals surface area contributed by atoms with Crippen molar-refractivity contribution < 1.29 is 9.84 Å². The Morgan fingerprint density at radius 3 is 2.73 bits per heavy atom. The van der Waals surface area contributed by atoms with Gasteiger partial charge in [0.2, 0.25) is 0 Å². The largest absolute Gasteiger partial charge is 0.396 e. The van der Waals surface area contributed by atoms with Crippen LogP contribution in [-0.2, 0) is 4.74 Å². The van der Waals surface area contributed by atoms with Gasteiger partial charge in [-0.05, 0) is 66.1 Å². The highest BCUT2D eigenvalue weighted by molar-refractivity contribution is 9.10. The average molecular weight is 388 g/mol. The maximum absolute atomic E-state index is 8.21. The summed E-state index contributed by atoms with van der Waals surface area (Å²) in [7, 11) is 0. The number of aromatic nitrogens is 2. The number of aliphatic hydroxyl groups excluding tert-OH is 1. The molecule has 1 unspecified atom stereocenters. The Hall–Kier alpha value is -0.620. The summed E-state index contributed by atoms with van der Waals surface area (Å²) in [4.78, 5) is 0. The average Bonchev–Trinajstić information content (AvgIpc) is 3.28. The van der Waals surface area contributed by atoms with Gasteiger partial charge in [-0.25, -0.2) is 4.68 Å². The Morgan fingerprint density at radius 2 is 2.14 bits per heavy atom. The van der Waals surface area contributed by atoms with Gasteiger partial charge < -0.3 is 9.84 Å². The second-order valence-corrected chi connectivity index (χ2v) is 7.15. The lowest BCUT2D eigenvalue weighted by molar-refractivity contribution is -0.0366. The van der Waals surface area contributed by atoms with Crippen LogP contribution >= 0.6 is 27.5 Å². The number of halogens is 2. The Bertz CT molecular complexity index is 636. The predicted octanol–water partition coefficient (Wildman–Crippen LogP) is 4.54. The van der Waals surface area contributed by atoms with Crippen LogP contribution in [0.15, 0.2) is 22.8 Å². The number of ether oxygens (including phenoxy) is 1. The molecule has 0 radical (unpaired) electrons. The molecule has 1 aliphatic carbocycles. The zero-order valence-corrected chi connectivity index (χ0v) is 14.7. The van der Waals surface area contributed by atoms with Crippen LogP contribution in [0.4, 0.5) is 0 Å². The van der Waals surface area contributed by atoms with Crippen LogP contribution in [0.2, 0.25) is 5.02 Å². The number of rotatable bonds is 2. The Balaban J connectivity index is 0.000000246. The molecule has 0 spiro atoms. The molecule has 1 saturated carbocycles. The molecule has 1 aromatic heterocycles. The number of benzene rings is 1. The van der Waals surface area contributed by atoms with Gasteiger partial charge in [-0.1, -0.05) is 11.6 Å². The van der Waals surface area contributed by atoms with E-state index in [2.05, 4.69) is 21.0 Å². The standard InChI is InChI=1S/C12H12BrClN2O.C4H8O/c13-10-5-8(14)6-11-9(10)7-15-16(11)12-3-1-2-4-17-12;5-3-4-1-2-4/h5-7,12H,1-4H2;4-5H,1-3H2. The zero-order valence-electron chi connectivity index (χ0n) is 12.3. The van der Waals surface area contributed by atoms with Crippen LogP contribution in [0.25, 0.3) is 10.9 Å². The van der Waals surface area contributed by atoms with Crippen molar-refractivity contribution in [1.29, 1.82) is 0 Å². The van der Waals surface area contributed by atoms with Crippen LogP contribution in [0, 0.1) is 5.92 Å². The Labute approximate surface area is 143 Å². The smallest absolute Gasteiger partial charge is 0.150 e. The molecule has 1 aliphatic heterocycles. The molecular weight excluding hydrogens is 368 g/mol. The van der Waals surface area contributed by atoms with Gasteiger partial charge in [0, 0.05) is 28.1 Å². The van der Waals surface area contributed by atoms with Gasteiger partial charge in [0.1, 0.15) is 0 Å². The third-order valence-electron chi connectivity index (χ3n) is 4.01. The molecule has 2 aliphatic rings. The van der Waals surface area contributed by atoms with Crippen molar-refractivity contribution in [2.24, 2.45) is 5.92 Å². The van der Waals surface area contributed by atoms with Crippen LogP contribution in [-0.4, -0.2) is 28.1 Å². The van der Waals surface area contributed by atoms with E-state index in [0.717, 1.165) is 34.8 Å². The summed E-state index contributed by atoms with van der Waals surface area (Å²) in [6, 6.07) is 3.82. The maximum Gasteiger partial charge on any atom is 0.150 e. The van der Waals surface area contributed by atoms with Crippen molar-refractivity contribution >= 4 is 38.4 Å². The topological polar surface area (TPSA) is 47.3 Å². The van der Waals surface area contributed by atoms with E-state index in [1.165, 1.54) is 19.3 Å². The summed E-state index contributed by atoms with van der Waals surface area (Å²) in [6.07, 6.45) is 7.77. The first kappa shape index (κ1) is 16.2. The van der Waals surface area contributed by atoms with Crippen LogP contribution in [0.5, 0.6) is 0 Å². The van der Waals surface area contributed by atoms with Gasteiger partial charge in [0.05, 0.1) is 11.7 Å². The number of hydrogen-bond acceptors (Lipinski definition) is 3. The minimum atomic E-state index is 0.0478. The zero-order chi connectivity index (χ0) is 15.5. The third-order valence-corrected chi connectivity index (χ3v) is 4.89. The molecule has 22 heavy (non-hydrogen) atoms. The second kappa shape index (κ2) is 7.30. The van der Waals surface area contributed by atoms with Crippen molar-refractivity contribution in [1.82, 2.24) is 9.78 Å². The van der Waals surface area contributed by atoms with Crippen molar-refractivity contribution in [2.75, 3.05) is 13.2 Å². The fourth-order valence-electron chi connectivity index (χ4n) is 2.52. The lowest BCUT2D eigenvalue weighted by Gasteiger charge is -2.23. The SMILES string of the molecule is Clc1cc(Br)c2cnn(C3CCCCO3)c2c1.OCC1CC1. The van der Waals surface area contributed by atoms with E-state index in [9.17, 15) is 0 Å². The Morgan fingerprint density at radius 1 is 1.32 bits per heavy atom. The highest BCUT2D eigenvalue weighted by Crippen LogP contribution is 2.32. The molecule has 1 aromatic carbocycles. The van der Waals surface area contributed by atoms with E-state index in [1.807, 2.05) is 23.0 Å². The van der Waals surface area contributed by atoms with Gasteiger partial charge in [-0.2, -0.15) is 5.10 Å². The molecule has 4 nitrogen and oxygen atoms in total. The molecule has 1 saturated heterocycles. The first-order valence-corrected chi connectivity index (χ1v) is 8.91. The molecular formula is C16H20BrClN2O2. The number of hydrogen-bond donors (Lipinski definition) is 1. The van der Waals surface area contributed by atoms with Crippen molar-refractivity contribution in [3.63, 3.8) is 0 Å². The molecule has 120 valence electrons. The van der Waals surface area contributed by atoms with Gasteiger partial charge in [-0.15, -0.1) is 0 Å². The van der Waals surface area contributed by atoms with E-state index in [4.69, 9.17) is 21.4 Å². The third kappa shape index (κ3) is 3.82. The van der Waals surface area contributed by atoms with E-state index in [1.54, 1.807) is 0 Å². The first-order chi connectivity index (χ1) is 10.7. The van der Waals surface area contributed by atoms with Crippen LogP contribution in [0.3, 0.4) is 0 Å². The normalized spacial score (nSPS) is 21.5. The fourth-order valence-corrected chi connectivity index (χ4v) is 3.41. The Kier molecular flexibility index (Phi) is 5.39. The summed E-state index contributed by atoms with van der Waals surface area (Å²) in [6.45, 7) is 1.23. The number of nitrogens with zero attached hydrogens (tertiary/aromatic N) is 2. The van der Waals surface area contributed by atoms with Crippen LogP contribution in [0.1, 0.15) is 38.3 Å². The second-order valence-electron chi connectivity index (χ2n) is 5.86. The van der Waals surface area contributed by atoms with E-state index in [0.29, 0.717) is 17.5 Å². The molecule has 2 fully saturated rings. The van der Waals surface area contributed by atoms with Crippen molar-refractivity contribution in [3.05, 3.63) is 27.8 Å². The summed E-state index contributed by atoms with van der Waals surface area (Å²) >= 11 is 9.59. The summed E-state index contributed by atoms with van der Waals surface area (Å²) in [5.41, 5.74) is 1.02. The van der Waals surface area contributed by atoms with Crippen LogP contribution < -0.4 is 0 Å². The van der Waals surface area contributed by atoms with Gasteiger partial charge in [-0.3, -0.25) is 0 Å². The highest BCUT2D eigenvalue weighted by Gasteiger charge is 2.19. The molecule has 1 N–H and O–H groups in total. The van der Waals surface area contributed by atoms with E-state index >= 15 is 0 Å². The predicted molar refractivity (Wildman–Crippen MR) is 91.1 cm³/mol. The van der Waals surface area contributed by atoms with E-state index < -0.39 is 0 Å². The molecule has 0 amide bonds. The van der Waals surface area contributed by atoms with E-state index in [-0.39, 0.29) is 6.23 Å². The lowest BCUT2D eigenvalue weighted by atomic mass is 10.2. The van der Waals surface area contributed by atoms with Crippen molar-refractivity contribution in [3.8, 4) is 0 Å². The summed E-state index contributed by atoms with van der Waals surface area (Å²) in [5.74, 6) is 0.690.